The summed E-state index contributed by atoms with van der Waals surface area (Å²) in [5.41, 5.74) is 2.84. The highest BCUT2D eigenvalue weighted by molar-refractivity contribution is 5.81. The number of aromatic nitrogens is 1. The maximum atomic E-state index is 13.1. The average Bonchev–Trinajstić information content (AvgIpc) is 2.80. The van der Waals surface area contributed by atoms with Gasteiger partial charge >= 0.3 is 0 Å². The van der Waals surface area contributed by atoms with E-state index in [0.717, 1.165) is 27.6 Å². The van der Waals surface area contributed by atoms with Crippen LogP contribution in [0.4, 0.5) is 4.39 Å². The summed E-state index contributed by atoms with van der Waals surface area (Å²) >= 11 is 0. The van der Waals surface area contributed by atoms with E-state index in [0.29, 0.717) is 23.8 Å². The maximum absolute atomic E-state index is 13.1. The summed E-state index contributed by atoms with van der Waals surface area (Å²) in [5.74, 6) is 1.46. The molecular formula is C27H23FN2O2. The van der Waals surface area contributed by atoms with Crippen molar-refractivity contribution < 1.29 is 13.9 Å². The standard InChI is InChI=1S/C27H23FN2O2/c1-18-13-20-7-8-21(15-25(20)30-26(18)31-3)27(2,17-29)16-19-5-4-6-24(14-19)32-23-11-9-22(28)10-12-23/h4-15H,16H2,1-3H3. The first kappa shape index (κ1) is 21.3. The lowest BCUT2D eigenvalue weighted by molar-refractivity contribution is 0.396. The Morgan fingerprint density at radius 3 is 2.50 bits per heavy atom. The first-order valence-electron chi connectivity index (χ1n) is 10.3. The number of hydrogen-bond donors (Lipinski definition) is 0. The lowest BCUT2D eigenvalue weighted by Gasteiger charge is -2.23. The molecule has 4 aromatic rings. The third kappa shape index (κ3) is 4.40. The minimum Gasteiger partial charge on any atom is -0.481 e. The molecule has 0 bridgehead atoms. The molecule has 0 saturated carbocycles. The third-order valence-corrected chi connectivity index (χ3v) is 5.54. The molecule has 0 aliphatic carbocycles. The van der Waals surface area contributed by atoms with Crippen molar-refractivity contribution in [2.45, 2.75) is 25.7 Å². The summed E-state index contributed by atoms with van der Waals surface area (Å²) in [7, 11) is 1.60. The topological polar surface area (TPSA) is 55.1 Å². The van der Waals surface area contributed by atoms with Crippen LogP contribution in [-0.4, -0.2) is 12.1 Å². The van der Waals surface area contributed by atoms with Gasteiger partial charge in [-0.3, -0.25) is 0 Å². The molecule has 0 spiro atoms. The number of methoxy groups -OCH3 is 1. The molecule has 5 heteroatoms. The molecule has 1 unspecified atom stereocenters. The number of nitrogens with zero attached hydrogens (tertiary/aromatic N) is 2. The van der Waals surface area contributed by atoms with Gasteiger partial charge in [-0.25, -0.2) is 9.37 Å². The normalized spacial score (nSPS) is 12.7. The molecule has 4 nitrogen and oxygen atoms in total. The summed E-state index contributed by atoms with van der Waals surface area (Å²) in [4.78, 5) is 4.60. The fraction of sp³-hybridized carbons (Fsp3) is 0.185. The number of aryl methyl sites for hydroxylation is 1. The van der Waals surface area contributed by atoms with Crippen molar-refractivity contribution >= 4 is 10.9 Å². The van der Waals surface area contributed by atoms with Crippen LogP contribution in [0.15, 0.2) is 72.8 Å². The highest BCUT2D eigenvalue weighted by atomic mass is 19.1. The van der Waals surface area contributed by atoms with Crippen LogP contribution in [0.2, 0.25) is 0 Å². The van der Waals surface area contributed by atoms with E-state index >= 15 is 0 Å². The van der Waals surface area contributed by atoms with Crippen LogP contribution in [0, 0.1) is 24.1 Å². The summed E-state index contributed by atoms with van der Waals surface area (Å²) in [6.45, 7) is 3.88. The molecule has 4 rings (SSSR count). The predicted octanol–water partition coefficient (Wildman–Crippen LogP) is 6.51. The number of ether oxygens (including phenoxy) is 2. The van der Waals surface area contributed by atoms with Crippen molar-refractivity contribution in [3.63, 3.8) is 0 Å². The first-order chi connectivity index (χ1) is 15.4. The zero-order valence-corrected chi connectivity index (χ0v) is 18.2. The van der Waals surface area contributed by atoms with Gasteiger partial charge in [0.2, 0.25) is 5.88 Å². The largest absolute Gasteiger partial charge is 0.481 e. The lowest BCUT2D eigenvalue weighted by atomic mass is 9.78. The average molecular weight is 426 g/mol. The molecule has 1 heterocycles. The van der Waals surface area contributed by atoms with Crippen LogP contribution < -0.4 is 9.47 Å². The minimum atomic E-state index is -0.761. The van der Waals surface area contributed by atoms with E-state index in [-0.39, 0.29) is 5.82 Å². The number of rotatable bonds is 6. The predicted molar refractivity (Wildman–Crippen MR) is 123 cm³/mol. The number of fused-ring (bicyclic) bond motifs is 1. The van der Waals surface area contributed by atoms with Gasteiger partial charge in [0, 0.05) is 10.9 Å². The summed E-state index contributed by atoms with van der Waals surface area (Å²) in [5, 5.41) is 11.1. The molecule has 0 amide bonds. The zero-order chi connectivity index (χ0) is 22.7. The number of benzene rings is 3. The fourth-order valence-corrected chi connectivity index (χ4v) is 3.78. The van der Waals surface area contributed by atoms with Crippen LogP contribution in [0.5, 0.6) is 17.4 Å². The van der Waals surface area contributed by atoms with E-state index in [2.05, 4.69) is 11.1 Å². The SMILES string of the molecule is COc1nc2cc(C(C)(C#N)Cc3cccc(Oc4ccc(F)cc4)c3)ccc2cc1C. The molecule has 0 radical (unpaired) electrons. The van der Waals surface area contributed by atoms with Gasteiger partial charge in [0.05, 0.1) is 24.1 Å². The molecule has 0 N–H and O–H groups in total. The van der Waals surface area contributed by atoms with E-state index in [1.807, 2.05) is 62.4 Å². The molecule has 0 fully saturated rings. The van der Waals surface area contributed by atoms with Gasteiger partial charge in [0.1, 0.15) is 17.3 Å². The molecule has 1 aromatic heterocycles. The second kappa shape index (κ2) is 8.68. The summed E-state index contributed by atoms with van der Waals surface area (Å²) in [6, 6.07) is 23.9. The van der Waals surface area contributed by atoms with E-state index in [1.54, 1.807) is 19.2 Å². The van der Waals surface area contributed by atoms with Gasteiger partial charge in [-0.2, -0.15) is 5.26 Å². The Kier molecular flexibility index (Phi) is 5.79. The smallest absolute Gasteiger partial charge is 0.216 e. The van der Waals surface area contributed by atoms with Gasteiger partial charge in [0.15, 0.2) is 0 Å². The van der Waals surface area contributed by atoms with E-state index in [4.69, 9.17) is 9.47 Å². The maximum Gasteiger partial charge on any atom is 0.216 e. The lowest BCUT2D eigenvalue weighted by Crippen LogP contribution is -2.22. The van der Waals surface area contributed by atoms with E-state index < -0.39 is 5.41 Å². The van der Waals surface area contributed by atoms with Crippen LogP contribution in [0.3, 0.4) is 0 Å². The Labute approximate surface area is 186 Å². The Morgan fingerprint density at radius 1 is 1.00 bits per heavy atom. The number of hydrogen-bond acceptors (Lipinski definition) is 4. The molecular weight excluding hydrogens is 403 g/mol. The highest BCUT2D eigenvalue weighted by Gasteiger charge is 2.27. The number of nitriles is 1. The Hall–Kier alpha value is -3.91. The number of halogens is 1. The van der Waals surface area contributed by atoms with Crippen molar-refractivity contribution in [2.24, 2.45) is 0 Å². The van der Waals surface area contributed by atoms with E-state index in [9.17, 15) is 9.65 Å². The summed E-state index contributed by atoms with van der Waals surface area (Å²) in [6.07, 6.45) is 0.499. The van der Waals surface area contributed by atoms with Crippen LogP contribution in [0.1, 0.15) is 23.6 Å². The summed E-state index contributed by atoms with van der Waals surface area (Å²) < 4.78 is 24.3. The quantitative estimate of drug-likeness (QED) is 0.353. The van der Waals surface area contributed by atoms with Crippen LogP contribution in [-0.2, 0) is 11.8 Å². The van der Waals surface area contributed by atoms with Crippen molar-refractivity contribution in [3.05, 3.63) is 95.3 Å². The molecule has 1 atom stereocenters. The molecule has 160 valence electrons. The van der Waals surface area contributed by atoms with Gasteiger partial charge in [-0.1, -0.05) is 24.3 Å². The molecule has 0 saturated heterocycles. The second-order valence-corrected chi connectivity index (χ2v) is 8.05. The molecule has 32 heavy (non-hydrogen) atoms. The highest BCUT2D eigenvalue weighted by Crippen LogP contribution is 2.32. The Balaban J connectivity index is 1.62. The van der Waals surface area contributed by atoms with Gasteiger partial charge in [0.25, 0.3) is 0 Å². The third-order valence-electron chi connectivity index (χ3n) is 5.54. The van der Waals surface area contributed by atoms with E-state index in [1.165, 1.54) is 12.1 Å². The van der Waals surface area contributed by atoms with Gasteiger partial charge in [-0.15, -0.1) is 0 Å². The second-order valence-electron chi connectivity index (χ2n) is 8.05. The Bertz CT molecular complexity index is 1310. The number of pyridine rings is 1. The van der Waals surface area contributed by atoms with Gasteiger partial charge in [-0.05, 0) is 79.9 Å². The Morgan fingerprint density at radius 2 is 1.78 bits per heavy atom. The molecule has 0 aliphatic heterocycles. The van der Waals surface area contributed by atoms with Crippen LogP contribution in [0.25, 0.3) is 10.9 Å². The van der Waals surface area contributed by atoms with Crippen molar-refractivity contribution in [1.82, 2.24) is 4.98 Å². The monoisotopic (exact) mass is 426 g/mol. The zero-order valence-electron chi connectivity index (χ0n) is 18.2. The van der Waals surface area contributed by atoms with Gasteiger partial charge < -0.3 is 9.47 Å². The molecule has 0 aliphatic rings. The van der Waals surface area contributed by atoms with Crippen molar-refractivity contribution in [3.8, 4) is 23.4 Å². The van der Waals surface area contributed by atoms with Crippen molar-refractivity contribution in [1.29, 1.82) is 5.26 Å². The minimum absolute atomic E-state index is 0.312. The van der Waals surface area contributed by atoms with Crippen molar-refractivity contribution in [2.75, 3.05) is 7.11 Å². The molecule has 3 aromatic carbocycles. The first-order valence-corrected chi connectivity index (χ1v) is 10.3. The van der Waals surface area contributed by atoms with Crippen LogP contribution >= 0.6 is 0 Å². The fourth-order valence-electron chi connectivity index (χ4n) is 3.78.